The van der Waals surface area contributed by atoms with E-state index in [1.807, 2.05) is 29.6 Å². The third-order valence-electron chi connectivity index (χ3n) is 4.17. The highest BCUT2D eigenvalue weighted by atomic mass is 35.5. The summed E-state index contributed by atoms with van der Waals surface area (Å²) in [6.07, 6.45) is 7.59. The van der Waals surface area contributed by atoms with Crippen molar-refractivity contribution in [2.24, 2.45) is 0 Å². The van der Waals surface area contributed by atoms with E-state index in [0.717, 1.165) is 42.1 Å². The molecular formula is C17H20ClN3OS. The van der Waals surface area contributed by atoms with Gasteiger partial charge in [0.2, 0.25) is 0 Å². The highest BCUT2D eigenvalue weighted by Gasteiger charge is 2.25. The summed E-state index contributed by atoms with van der Waals surface area (Å²) in [7, 11) is 0. The molecule has 6 heteroatoms. The van der Waals surface area contributed by atoms with E-state index in [0.29, 0.717) is 11.1 Å². The topological polar surface area (TPSA) is 38.1 Å². The van der Waals surface area contributed by atoms with Crippen molar-refractivity contribution < 1.29 is 4.79 Å². The van der Waals surface area contributed by atoms with Crippen LogP contribution >= 0.6 is 23.4 Å². The van der Waals surface area contributed by atoms with Crippen LogP contribution in [0, 0.1) is 0 Å². The maximum absolute atomic E-state index is 12.9. The number of thioether (sulfide) groups is 1. The van der Waals surface area contributed by atoms with E-state index >= 15 is 0 Å². The average molecular weight is 350 g/mol. The second kappa shape index (κ2) is 7.41. The van der Waals surface area contributed by atoms with E-state index in [1.54, 1.807) is 24.0 Å². The van der Waals surface area contributed by atoms with E-state index in [9.17, 15) is 4.79 Å². The molecule has 1 aliphatic rings. The maximum atomic E-state index is 12.9. The Labute approximate surface area is 145 Å². The van der Waals surface area contributed by atoms with Crippen LogP contribution in [-0.4, -0.2) is 39.2 Å². The summed E-state index contributed by atoms with van der Waals surface area (Å²) in [6.45, 7) is 3.64. The Morgan fingerprint density at radius 1 is 1.39 bits per heavy atom. The predicted octanol–water partition coefficient (Wildman–Crippen LogP) is 4.13. The first-order valence-corrected chi connectivity index (χ1v) is 9.24. The number of nitrogens with zero attached hydrogens (tertiary/aromatic N) is 3. The van der Waals surface area contributed by atoms with Gasteiger partial charge in [0, 0.05) is 41.4 Å². The van der Waals surface area contributed by atoms with Gasteiger partial charge in [0.05, 0.1) is 11.9 Å². The normalized spacial score (nSPS) is 15.8. The molecule has 2 aromatic rings. The lowest BCUT2D eigenvalue weighted by Gasteiger charge is -2.33. The number of likely N-dealkylation sites (tertiary alicyclic amines) is 1. The first kappa shape index (κ1) is 16.4. The maximum Gasteiger partial charge on any atom is 0.254 e. The molecule has 1 saturated heterocycles. The van der Waals surface area contributed by atoms with Gasteiger partial charge in [0.1, 0.15) is 0 Å². The molecule has 1 fully saturated rings. The predicted molar refractivity (Wildman–Crippen MR) is 94.3 cm³/mol. The number of benzene rings is 1. The van der Waals surface area contributed by atoms with Gasteiger partial charge in [0.15, 0.2) is 0 Å². The molecule has 1 aromatic heterocycles. The van der Waals surface area contributed by atoms with Gasteiger partial charge in [-0.2, -0.15) is 0 Å². The zero-order valence-corrected chi connectivity index (χ0v) is 14.7. The molecule has 0 bridgehead atoms. The van der Waals surface area contributed by atoms with Gasteiger partial charge in [0.25, 0.3) is 5.91 Å². The highest BCUT2D eigenvalue weighted by Crippen LogP contribution is 2.29. The Hall–Kier alpha value is -1.46. The quantitative estimate of drug-likeness (QED) is 0.779. The molecule has 1 amide bonds. The Morgan fingerprint density at radius 3 is 2.83 bits per heavy atom. The third-order valence-corrected chi connectivity index (χ3v) is 5.34. The van der Waals surface area contributed by atoms with Crippen LogP contribution in [0.3, 0.4) is 0 Å². The molecule has 0 unspecified atom stereocenters. The van der Waals surface area contributed by atoms with Gasteiger partial charge in [-0.05, 0) is 36.8 Å². The van der Waals surface area contributed by atoms with Crippen LogP contribution in [0.15, 0.2) is 41.8 Å². The number of hydrogen-bond donors (Lipinski definition) is 0. The van der Waals surface area contributed by atoms with Crippen LogP contribution in [0.5, 0.6) is 0 Å². The van der Waals surface area contributed by atoms with Crippen molar-refractivity contribution >= 4 is 29.3 Å². The fourth-order valence-electron chi connectivity index (χ4n) is 2.97. The summed E-state index contributed by atoms with van der Waals surface area (Å²) in [5, 5.41) is 0.677. The van der Waals surface area contributed by atoms with E-state index in [1.165, 1.54) is 0 Å². The van der Waals surface area contributed by atoms with Crippen LogP contribution in [0.4, 0.5) is 0 Å². The lowest BCUT2D eigenvalue weighted by molar-refractivity contribution is 0.0691. The molecule has 0 radical (unpaired) electrons. The Bertz CT molecular complexity index is 666. The molecule has 1 aliphatic heterocycles. The van der Waals surface area contributed by atoms with Crippen molar-refractivity contribution in [3.63, 3.8) is 0 Å². The number of imidazole rings is 1. The molecule has 0 aliphatic carbocycles. The fourth-order valence-corrected chi connectivity index (χ4v) is 4.04. The average Bonchev–Trinajstić information content (AvgIpc) is 3.09. The van der Waals surface area contributed by atoms with Crippen LogP contribution in [0.25, 0.3) is 0 Å². The Morgan fingerprint density at radius 2 is 2.17 bits per heavy atom. The molecule has 0 spiro atoms. The largest absolute Gasteiger partial charge is 0.338 e. The summed E-state index contributed by atoms with van der Waals surface area (Å²) in [5.41, 5.74) is 0.766. The number of carbonyl (C=O) groups excluding carboxylic acids is 1. The second-order valence-corrected chi connectivity index (χ2v) is 7.35. The molecule has 2 heterocycles. The molecule has 0 atom stereocenters. The second-order valence-electron chi connectivity index (χ2n) is 5.61. The zero-order valence-electron chi connectivity index (χ0n) is 13.1. The number of rotatable bonds is 4. The van der Waals surface area contributed by atoms with E-state index in [-0.39, 0.29) is 5.91 Å². The summed E-state index contributed by atoms with van der Waals surface area (Å²) in [4.78, 5) is 19.9. The molecule has 4 nitrogen and oxygen atoms in total. The zero-order chi connectivity index (χ0) is 16.2. The first-order valence-electron chi connectivity index (χ1n) is 7.88. The molecule has 1 aromatic carbocycles. The van der Waals surface area contributed by atoms with Gasteiger partial charge in [-0.1, -0.05) is 18.5 Å². The highest BCUT2D eigenvalue weighted by molar-refractivity contribution is 7.99. The summed E-state index contributed by atoms with van der Waals surface area (Å²) >= 11 is 7.73. The van der Waals surface area contributed by atoms with Crippen molar-refractivity contribution in [1.82, 2.24) is 14.5 Å². The standard InChI is InChI=1S/C17H20ClN3OS/c1-2-23-16-11-13(18)3-4-15(16)17(22)20-8-5-14(6-9-20)21-10-7-19-12-21/h3-4,7,10-12,14H,2,5-6,8-9H2,1H3. The molecule has 0 N–H and O–H groups in total. The molecule has 122 valence electrons. The monoisotopic (exact) mass is 349 g/mol. The van der Waals surface area contributed by atoms with Gasteiger partial charge >= 0.3 is 0 Å². The van der Waals surface area contributed by atoms with Gasteiger partial charge in [-0.25, -0.2) is 4.98 Å². The number of carbonyl (C=O) groups is 1. The summed E-state index contributed by atoms with van der Waals surface area (Å²) < 4.78 is 2.14. The van der Waals surface area contributed by atoms with Crippen LogP contribution in [-0.2, 0) is 0 Å². The number of piperidine rings is 1. The van der Waals surface area contributed by atoms with E-state index < -0.39 is 0 Å². The first-order chi connectivity index (χ1) is 11.2. The van der Waals surface area contributed by atoms with Crippen LogP contribution < -0.4 is 0 Å². The number of halogens is 1. The molecule has 3 rings (SSSR count). The summed E-state index contributed by atoms with van der Waals surface area (Å²) in [5.74, 6) is 1.03. The number of hydrogen-bond acceptors (Lipinski definition) is 3. The lowest BCUT2D eigenvalue weighted by atomic mass is 10.0. The van der Waals surface area contributed by atoms with Crippen molar-refractivity contribution in [2.75, 3.05) is 18.8 Å². The van der Waals surface area contributed by atoms with Crippen molar-refractivity contribution in [1.29, 1.82) is 0 Å². The third kappa shape index (κ3) is 3.72. The minimum Gasteiger partial charge on any atom is -0.338 e. The van der Waals surface area contributed by atoms with Gasteiger partial charge in [-0.3, -0.25) is 4.79 Å². The van der Waals surface area contributed by atoms with E-state index in [4.69, 9.17) is 11.6 Å². The molecular weight excluding hydrogens is 330 g/mol. The Kier molecular flexibility index (Phi) is 5.28. The SMILES string of the molecule is CCSc1cc(Cl)ccc1C(=O)N1CCC(n2ccnc2)CC1. The van der Waals surface area contributed by atoms with Crippen molar-refractivity contribution in [3.05, 3.63) is 47.5 Å². The van der Waals surface area contributed by atoms with Gasteiger partial charge in [-0.15, -0.1) is 11.8 Å². The Balaban J connectivity index is 1.70. The van der Waals surface area contributed by atoms with Crippen LogP contribution in [0.2, 0.25) is 5.02 Å². The molecule has 0 saturated carbocycles. The fraction of sp³-hybridized carbons (Fsp3) is 0.412. The van der Waals surface area contributed by atoms with Crippen molar-refractivity contribution in [3.8, 4) is 0 Å². The van der Waals surface area contributed by atoms with Crippen LogP contribution in [0.1, 0.15) is 36.2 Å². The minimum absolute atomic E-state index is 0.113. The summed E-state index contributed by atoms with van der Waals surface area (Å²) in [6, 6.07) is 5.98. The van der Waals surface area contributed by atoms with Gasteiger partial charge < -0.3 is 9.47 Å². The molecule has 23 heavy (non-hydrogen) atoms. The van der Waals surface area contributed by atoms with E-state index in [2.05, 4.69) is 16.5 Å². The lowest BCUT2D eigenvalue weighted by Crippen LogP contribution is -2.39. The van der Waals surface area contributed by atoms with Crippen molar-refractivity contribution in [2.45, 2.75) is 30.7 Å². The smallest absolute Gasteiger partial charge is 0.254 e. The number of amides is 1. The number of aromatic nitrogens is 2. The minimum atomic E-state index is 0.113.